The van der Waals surface area contributed by atoms with Crippen LogP contribution in [-0.4, -0.2) is 26.8 Å². The Labute approximate surface area is 112 Å². The predicted molar refractivity (Wildman–Crippen MR) is 73.8 cm³/mol. The van der Waals surface area contributed by atoms with Crippen LogP contribution >= 0.6 is 0 Å². The lowest BCUT2D eigenvalue weighted by Gasteiger charge is -2.12. The van der Waals surface area contributed by atoms with E-state index < -0.39 is 0 Å². The summed E-state index contributed by atoms with van der Waals surface area (Å²) in [4.78, 5) is 0. The maximum atomic E-state index is 5.90. The van der Waals surface area contributed by atoms with E-state index in [1.165, 1.54) is 0 Å². The van der Waals surface area contributed by atoms with E-state index in [1.54, 1.807) is 6.07 Å². The highest BCUT2D eigenvalue weighted by atomic mass is 16.5. The minimum atomic E-state index is 0.238. The van der Waals surface area contributed by atoms with Gasteiger partial charge in [0.1, 0.15) is 5.75 Å². The number of nitrogen functional groups attached to an aromatic ring is 1. The summed E-state index contributed by atoms with van der Waals surface area (Å²) in [7, 11) is 0. The molecule has 19 heavy (non-hydrogen) atoms. The fourth-order valence-corrected chi connectivity index (χ4v) is 1.85. The molecule has 0 aliphatic heterocycles. The average molecular weight is 261 g/mol. The number of hydrogen-bond donors (Lipinski definition) is 1. The first kappa shape index (κ1) is 13.3. The molecule has 1 atom stereocenters. The molecule has 0 amide bonds. The molecule has 0 aliphatic carbocycles. The maximum absolute atomic E-state index is 5.90. The maximum Gasteiger partial charge on any atom is 0.182 e. The van der Waals surface area contributed by atoms with E-state index >= 15 is 0 Å². The summed E-state index contributed by atoms with van der Waals surface area (Å²) in [6.07, 6.45) is 0.957. The largest absolute Gasteiger partial charge is 0.494 e. The van der Waals surface area contributed by atoms with Gasteiger partial charge in [0.2, 0.25) is 0 Å². The van der Waals surface area contributed by atoms with Gasteiger partial charge in [-0.1, -0.05) is 6.92 Å². The molecule has 2 rings (SSSR count). The van der Waals surface area contributed by atoms with Crippen molar-refractivity contribution in [3.05, 3.63) is 18.2 Å². The summed E-state index contributed by atoms with van der Waals surface area (Å²) in [5.41, 5.74) is 7.40. The lowest BCUT2D eigenvalue weighted by molar-refractivity contribution is 0.340. The zero-order valence-electron chi connectivity index (χ0n) is 11.5. The Morgan fingerprint density at radius 2 is 2.11 bits per heavy atom. The molecule has 0 fully saturated rings. The molecule has 102 valence electrons. The highest BCUT2D eigenvalue weighted by Gasteiger charge is 2.14. The third-order valence-electron chi connectivity index (χ3n) is 3.00. The second-order valence-electron chi connectivity index (χ2n) is 4.43. The Bertz CT molecular complexity index is 552. The van der Waals surface area contributed by atoms with Gasteiger partial charge in [-0.05, 0) is 42.8 Å². The highest BCUT2D eigenvalue weighted by Crippen LogP contribution is 2.27. The summed E-state index contributed by atoms with van der Waals surface area (Å²) in [5.74, 6) is 1.44. The Morgan fingerprint density at radius 1 is 1.32 bits per heavy atom. The van der Waals surface area contributed by atoms with E-state index in [0.29, 0.717) is 18.1 Å². The standard InChI is InChI=1S/C13H19N5O/c1-4-9(3)18-13(15-16-17-18)10-6-11(14)8-12(7-10)19-5-2/h6-9H,4-5,14H2,1-3H3. The van der Waals surface area contributed by atoms with Crippen LogP contribution in [-0.2, 0) is 0 Å². The average Bonchev–Trinajstić information content (AvgIpc) is 2.86. The molecular weight excluding hydrogens is 242 g/mol. The fraction of sp³-hybridized carbons (Fsp3) is 0.462. The van der Waals surface area contributed by atoms with E-state index in [9.17, 15) is 0 Å². The third-order valence-corrected chi connectivity index (χ3v) is 3.00. The first-order chi connectivity index (χ1) is 9.15. The Morgan fingerprint density at radius 3 is 2.79 bits per heavy atom. The van der Waals surface area contributed by atoms with Gasteiger partial charge in [-0.2, -0.15) is 0 Å². The topological polar surface area (TPSA) is 78.8 Å². The van der Waals surface area contributed by atoms with Crippen LogP contribution in [0.15, 0.2) is 18.2 Å². The van der Waals surface area contributed by atoms with Gasteiger partial charge in [0.05, 0.1) is 12.6 Å². The quantitative estimate of drug-likeness (QED) is 0.835. The number of nitrogens with zero attached hydrogens (tertiary/aromatic N) is 4. The van der Waals surface area contributed by atoms with E-state index in [2.05, 4.69) is 29.4 Å². The van der Waals surface area contributed by atoms with Gasteiger partial charge in [0, 0.05) is 17.3 Å². The molecule has 1 aromatic carbocycles. The van der Waals surface area contributed by atoms with Crippen molar-refractivity contribution in [2.75, 3.05) is 12.3 Å². The summed E-state index contributed by atoms with van der Waals surface area (Å²) in [6.45, 7) is 6.71. The fourth-order valence-electron chi connectivity index (χ4n) is 1.85. The van der Waals surface area contributed by atoms with Crippen molar-refractivity contribution in [3.63, 3.8) is 0 Å². The van der Waals surface area contributed by atoms with Crippen molar-refractivity contribution in [3.8, 4) is 17.1 Å². The molecule has 0 radical (unpaired) electrons. The molecule has 0 spiro atoms. The van der Waals surface area contributed by atoms with Crippen molar-refractivity contribution < 1.29 is 4.74 Å². The molecule has 6 nitrogen and oxygen atoms in total. The Balaban J connectivity index is 2.44. The van der Waals surface area contributed by atoms with Gasteiger partial charge in [0.15, 0.2) is 5.82 Å². The van der Waals surface area contributed by atoms with Crippen LogP contribution in [0.5, 0.6) is 5.75 Å². The van der Waals surface area contributed by atoms with Gasteiger partial charge in [0.25, 0.3) is 0 Å². The van der Waals surface area contributed by atoms with E-state index in [1.807, 2.05) is 23.7 Å². The molecule has 0 saturated carbocycles. The van der Waals surface area contributed by atoms with E-state index in [-0.39, 0.29) is 6.04 Å². The molecule has 0 aliphatic rings. The van der Waals surface area contributed by atoms with Crippen LogP contribution in [0.4, 0.5) is 5.69 Å². The van der Waals surface area contributed by atoms with Crippen molar-refractivity contribution in [1.82, 2.24) is 20.2 Å². The van der Waals surface area contributed by atoms with Gasteiger partial charge in [-0.15, -0.1) is 5.10 Å². The van der Waals surface area contributed by atoms with Gasteiger partial charge < -0.3 is 10.5 Å². The summed E-state index contributed by atoms with van der Waals surface area (Å²) in [5, 5.41) is 11.9. The molecule has 0 bridgehead atoms. The molecule has 0 saturated heterocycles. The van der Waals surface area contributed by atoms with Crippen LogP contribution in [0, 0.1) is 0 Å². The number of benzene rings is 1. The lowest BCUT2D eigenvalue weighted by Crippen LogP contribution is -2.08. The molecule has 1 aromatic heterocycles. The monoisotopic (exact) mass is 261 g/mol. The Kier molecular flexibility index (Phi) is 3.99. The van der Waals surface area contributed by atoms with Crippen LogP contribution in [0.1, 0.15) is 33.2 Å². The smallest absolute Gasteiger partial charge is 0.182 e. The second-order valence-corrected chi connectivity index (χ2v) is 4.43. The van der Waals surface area contributed by atoms with Crippen LogP contribution in [0.3, 0.4) is 0 Å². The Hall–Kier alpha value is -2.11. The molecule has 2 N–H and O–H groups in total. The van der Waals surface area contributed by atoms with E-state index in [0.717, 1.165) is 17.7 Å². The van der Waals surface area contributed by atoms with Crippen molar-refractivity contribution in [1.29, 1.82) is 0 Å². The number of aromatic nitrogens is 4. The highest BCUT2D eigenvalue weighted by molar-refractivity contribution is 5.64. The number of rotatable bonds is 5. The molecule has 1 unspecified atom stereocenters. The van der Waals surface area contributed by atoms with Crippen LogP contribution < -0.4 is 10.5 Å². The van der Waals surface area contributed by atoms with E-state index in [4.69, 9.17) is 10.5 Å². The van der Waals surface area contributed by atoms with Crippen molar-refractivity contribution in [2.45, 2.75) is 33.2 Å². The van der Waals surface area contributed by atoms with Gasteiger partial charge in [-0.3, -0.25) is 0 Å². The summed E-state index contributed by atoms with van der Waals surface area (Å²) < 4.78 is 7.30. The first-order valence-corrected chi connectivity index (χ1v) is 6.47. The lowest BCUT2D eigenvalue weighted by atomic mass is 10.1. The van der Waals surface area contributed by atoms with Crippen LogP contribution in [0.25, 0.3) is 11.4 Å². The third kappa shape index (κ3) is 2.83. The molecule has 6 heteroatoms. The SMILES string of the molecule is CCOc1cc(N)cc(-c2nnnn2C(C)CC)c1. The summed E-state index contributed by atoms with van der Waals surface area (Å²) in [6, 6.07) is 5.80. The number of nitrogens with two attached hydrogens (primary N) is 1. The first-order valence-electron chi connectivity index (χ1n) is 6.47. The second kappa shape index (κ2) is 5.69. The zero-order chi connectivity index (χ0) is 13.8. The minimum Gasteiger partial charge on any atom is -0.494 e. The van der Waals surface area contributed by atoms with Crippen molar-refractivity contribution >= 4 is 5.69 Å². The zero-order valence-corrected chi connectivity index (χ0v) is 11.5. The van der Waals surface area contributed by atoms with Gasteiger partial charge >= 0.3 is 0 Å². The van der Waals surface area contributed by atoms with Crippen LogP contribution in [0.2, 0.25) is 0 Å². The summed E-state index contributed by atoms with van der Waals surface area (Å²) >= 11 is 0. The number of tetrazole rings is 1. The number of ether oxygens (including phenoxy) is 1. The number of hydrogen-bond acceptors (Lipinski definition) is 5. The number of anilines is 1. The molecular formula is C13H19N5O. The molecule has 2 aromatic rings. The van der Waals surface area contributed by atoms with Gasteiger partial charge in [-0.25, -0.2) is 4.68 Å². The predicted octanol–water partition coefficient (Wildman–Crippen LogP) is 2.29. The normalized spacial score (nSPS) is 12.4. The minimum absolute atomic E-state index is 0.238. The van der Waals surface area contributed by atoms with Crippen molar-refractivity contribution in [2.24, 2.45) is 0 Å². The molecule has 1 heterocycles.